The first-order valence-corrected chi connectivity index (χ1v) is 5.42. The van der Waals surface area contributed by atoms with Gasteiger partial charge < -0.3 is 9.94 Å². The lowest BCUT2D eigenvalue weighted by atomic mass is 10.2. The molecule has 0 aliphatic rings. The third kappa shape index (κ3) is 5.70. The van der Waals surface area contributed by atoms with Crippen LogP contribution in [0.25, 0.3) is 0 Å². The number of esters is 1. The highest BCUT2D eigenvalue weighted by Crippen LogP contribution is 2.06. The molecule has 0 atom stereocenters. The number of rotatable bonds is 3. The van der Waals surface area contributed by atoms with Crippen molar-refractivity contribution >= 4 is 12.2 Å². The summed E-state index contributed by atoms with van der Waals surface area (Å²) >= 11 is 0. The van der Waals surface area contributed by atoms with Crippen LogP contribution in [-0.4, -0.2) is 22.5 Å². The lowest BCUT2D eigenvalue weighted by Crippen LogP contribution is -2.26. The first-order chi connectivity index (χ1) is 7.87. The molecule has 0 amide bonds. The summed E-state index contributed by atoms with van der Waals surface area (Å²) in [5.41, 5.74) is 0.267. The number of benzene rings is 1. The summed E-state index contributed by atoms with van der Waals surface area (Å²) < 4.78 is 5.58. The summed E-state index contributed by atoms with van der Waals surface area (Å²) in [5, 5.41) is 11.5. The van der Waals surface area contributed by atoms with Crippen molar-refractivity contribution in [3.8, 4) is 0 Å². The highest BCUT2D eigenvalue weighted by molar-refractivity contribution is 6.21. The molecule has 0 spiro atoms. The van der Waals surface area contributed by atoms with Gasteiger partial charge in [-0.3, -0.25) is 0 Å². The van der Waals surface area contributed by atoms with Crippen LogP contribution in [0.3, 0.4) is 0 Å². The molecule has 4 heteroatoms. The Bertz CT molecular complexity index is 404. The molecule has 4 nitrogen and oxygen atoms in total. The minimum atomic E-state index is -0.622. The SMILES string of the molecule is CC(C)(C)OC(=O)/C=[N+](\[O-])Cc1ccccc1. The molecule has 17 heavy (non-hydrogen) atoms. The first kappa shape index (κ1) is 13.2. The second-order valence-electron chi connectivity index (χ2n) is 4.72. The third-order valence-electron chi connectivity index (χ3n) is 1.84. The maximum absolute atomic E-state index is 11.5. The smallest absolute Gasteiger partial charge is 0.397 e. The van der Waals surface area contributed by atoms with Gasteiger partial charge in [-0.1, -0.05) is 30.3 Å². The third-order valence-corrected chi connectivity index (χ3v) is 1.84. The lowest BCUT2D eigenvalue weighted by Gasteiger charge is -2.17. The van der Waals surface area contributed by atoms with Gasteiger partial charge in [0, 0.05) is 5.56 Å². The van der Waals surface area contributed by atoms with Crippen LogP contribution in [0.1, 0.15) is 26.3 Å². The van der Waals surface area contributed by atoms with E-state index in [1.165, 1.54) is 0 Å². The van der Waals surface area contributed by atoms with E-state index in [2.05, 4.69) is 0 Å². The van der Waals surface area contributed by atoms with Crippen LogP contribution < -0.4 is 0 Å². The molecule has 0 bridgehead atoms. The molecule has 92 valence electrons. The number of hydrogen-bond donors (Lipinski definition) is 0. The summed E-state index contributed by atoms with van der Waals surface area (Å²) in [4.78, 5) is 11.3. The molecule has 0 saturated heterocycles. The quantitative estimate of drug-likeness (QED) is 0.265. The Morgan fingerprint density at radius 1 is 1.35 bits per heavy atom. The van der Waals surface area contributed by atoms with Crippen molar-refractivity contribution in [3.05, 3.63) is 41.1 Å². The van der Waals surface area contributed by atoms with Crippen molar-refractivity contribution in [2.45, 2.75) is 32.9 Å². The molecule has 1 aromatic rings. The zero-order valence-electron chi connectivity index (χ0n) is 10.3. The number of hydroxylamine groups is 1. The summed E-state index contributed by atoms with van der Waals surface area (Å²) in [5.74, 6) is -0.622. The Morgan fingerprint density at radius 2 is 1.94 bits per heavy atom. The van der Waals surface area contributed by atoms with E-state index in [0.717, 1.165) is 11.8 Å². The van der Waals surface area contributed by atoms with Crippen molar-refractivity contribution in [3.63, 3.8) is 0 Å². The molecule has 0 aliphatic heterocycles. The minimum Gasteiger partial charge on any atom is -0.623 e. The normalized spacial score (nSPS) is 12.3. The first-order valence-electron chi connectivity index (χ1n) is 5.42. The van der Waals surface area contributed by atoms with Crippen LogP contribution in [0.5, 0.6) is 0 Å². The topological polar surface area (TPSA) is 52.4 Å². The molecule has 1 aromatic carbocycles. The van der Waals surface area contributed by atoms with Crippen molar-refractivity contribution in [1.82, 2.24) is 0 Å². The number of carbonyl (C=O) groups excluding carboxylic acids is 1. The predicted octanol–water partition coefficient (Wildman–Crippen LogP) is 2.11. The van der Waals surface area contributed by atoms with Crippen molar-refractivity contribution in [1.29, 1.82) is 0 Å². The molecule has 0 radical (unpaired) electrons. The van der Waals surface area contributed by atoms with E-state index in [0.29, 0.717) is 4.74 Å². The largest absolute Gasteiger partial charge is 0.623 e. The van der Waals surface area contributed by atoms with Crippen molar-refractivity contribution in [2.75, 3.05) is 0 Å². The van der Waals surface area contributed by atoms with Gasteiger partial charge in [0.25, 0.3) is 6.21 Å². The van der Waals surface area contributed by atoms with Crippen LogP contribution in [0, 0.1) is 5.21 Å². The Kier molecular flexibility index (Phi) is 4.26. The molecule has 0 saturated carbocycles. The molecule has 0 fully saturated rings. The highest BCUT2D eigenvalue weighted by atomic mass is 16.6. The van der Waals surface area contributed by atoms with Crippen LogP contribution in [0.4, 0.5) is 0 Å². The van der Waals surface area contributed by atoms with Gasteiger partial charge in [-0.25, -0.2) is 9.53 Å². The number of carbonyl (C=O) groups is 1. The Balaban J connectivity index is 2.58. The molecular formula is C13H17NO3. The van der Waals surface area contributed by atoms with Gasteiger partial charge in [0.1, 0.15) is 5.60 Å². The van der Waals surface area contributed by atoms with E-state index >= 15 is 0 Å². The van der Waals surface area contributed by atoms with Gasteiger partial charge in [-0.05, 0) is 20.8 Å². The number of hydrogen-bond acceptors (Lipinski definition) is 3. The average molecular weight is 235 g/mol. The van der Waals surface area contributed by atoms with E-state index in [9.17, 15) is 10.0 Å². The van der Waals surface area contributed by atoms with Gasteiger partial charge in [-0.2, -0.15) is 0 Å². The average Bonchev–Trinajstić information content (AvgIpc) is 2.15. The van der Waals surface area contributed by atoms with Crippen molar-refractivity contribution < 1.29 is 14.3 Å². The molecule has 0 heterocycles. The van der Waals surface area contributed by atoms with Gasteiger partial charge in [-0.15, -0.1) is 0 Å². The number of nitrogens with zero attached hydrogens (tertiary/aromatic N) is 1. The monoisotopic (exact) mass is 235 g/mol. The van der Waals surface area contributed by atoms with Gasteiger partial charge in [0.15, 0.2) is 6.54 Å². The van der Waals surface area contributed by atoms with Crippen LogP contribution in [0.2, 0.25) is 0 Å². The van der Waals surface area contributed by atoms with Crippen LogP contribution in [-0.2, 0) is 16.1 Å². The van der Waals surface area contributed by atoms with E-state index in [1.807, 2.05) is 30.3 Å². The zero-order chi connectivity index (χ0) is 12.9. The van der Waals surface area contributed by atoms with E-state index in [4.69, 9.17) is 4.74 Å². The summed E-state index contributed by atoms with van der Waals surface area (Å²) in [6, 6.07) is 9.21. The fraction of sp³-hybridized carbons (Fsp3) is 0.385. The van der Waals surface area contributed by atoms with Gasteiger partial charge in [0.05, 0.1) is 0 Å². The van der Waals surface area contributed by atoms with E-state index in [-0.39, 0.29) is 6.54 Å². The summed E-state index contributed by atoms with van der Waals surface area (Å²) in [6.07, 6.45) is 0.929. The minimum absolute atomic E-state index is 0.139. The fourth-order valence-electron chi connectivity index (χ4n) is 1.25. The van der Waals surface area contributed by atoms with E-state index in [1.54, 1.807) is 20.8 Å². The maximum atomic E-state index is 11.5. The summed E-state index contributed by atoms with van der Waals surface area (Å²) in [7, 11) is 0. The standard InChI is InChI=1S/C13H17NO3/c1-13(2,3)17-12(15)10-14(16)9-11-7-5-4-6-8-11/h4-8,10H,9H2,1-3H3/b14-10-. The maximum Gasteiger partial charge on any atom is 0.397 e. The van der Waals surface area contributed by atoms with Gasteiger partial charge in [0.2, 0.25) is 0 Å². The molecule has 0 unspecified atom stereocenters. The van der Waals surface area contributed by atoms with Crippen LogP contribution in [0.15, 0.2) is 30.3 Å². The van der Waals surface area contributed by atoms with Crippen LogP contribution >= 0.6 is 0 Å². The predicted molar refractivity (Wildman–Crippen MR) is 65.7 cm³/mol. The Hall–Kier alpha value is -1.84. The summed E-state index contributed by atoms with van der Waals surface area (Å²) in [6.45, 7) is 5.40. The second kappa shape index (κ2) is 5.48. The molecular weight excluding hydrogens is 218 g/mol. The van der Waals surface area contributed by atoms with E-state index < -0.39 is 11.6 Å². The molecule has 1 rings (SSSR count). The molecule has 0 aromatic heterocycles. The highest BCUT2D eigenvalue weighted by Gasteiger charge is 2.16. The Morgan fingerprint density at radius 3 is 2.47 bits per heavy atom. The molecule has 0 N–H and O–H groups in total. The Labute approximate surface area is 101 Å². The van der Waals surface area contributed by atoms with Gasteiger partial charge >= 0.3 is 5.97 Å². The lowest BCUT2D eigenvalue weighted by molar-refractivity contribution is -0.469. The fourth-order valence-corrected chi connectivity index (χ4v) is 1.25. The number of ether oxygens (including phenoxy) is 1. The zero-order valence-corrected chi connectivity index (χ0v) is 10.3. The van der Waals surface area contributed by atoms with Crippen molar-refractivity contribution in [2.24, 2.45) is 0 Å². The second-order valence-corrected chi connectivity index (χ2v) is 4.72. The molecule has 0 aliphatic carbocycles.